The minimum Gasteiger partial charge on any atom is -0.494 e. The Balaban J connectivity index is 2.57. The number of hydrogen-bond acceptors (Lipinski definition) is 3. The molecule has 0 radical (unpaired) electrons. The van der Waals surface area contributed by atoms with Gasteiger partial charge in [-0.1, -0.05) is 32.9 Å². The maximum absolute atomic E-state index is 5.82. The fourth-order valence-electron chi connectivity index (χ4n) is 1.73. The van der Waals surface area contributed by atoms with Crippen molar-refractivity contribution in [3.8, 4) is 5.75 Å². The van der Waals surface area contributed by atoms with E-state index in [1.54, 1.807) is 0 Å². The molecular weight excluding hydrogens is 224 g/mol. The van der Waals surface area contributed by atoms with Crippen LogP contribution < -0.4 is 15.8 Å². The summed E-state index contributed by atoms with van der Waals surface area (Å²) >= 11 is 0. The molecule has 1 rings (SSSR count). The lowest BCUT2D eigenvalue weighted by Crippen LogP contribution is -2.30. The molecule has 102 valence electrons. The zero-order chi connectivity index (χ0) is 13.4. The lowest BCUT2D eigenvalue weighted by Gasteiger charge is -2.19. The molecule has 1 aromatic carbocycles. The van der Waals surface area contributed by atoms with Gasteiger partial charge in [-0.25, -0.2) is 0 Å². The van der Waals surface area contributed by atoms with Gasteiger partial charge in [0.25, 0.3) is 0 Å². The van der Waals surface area contributed by atoms with Crippen LogP contribution in [0.25, 0.3) is 0 Å². The Labute approximate surface area is 111 Å². The van der Waals surface area contributed by atoms with Crippen LogP contribution in [0.3, 0.4) is 0 Å². The summed E-state index contributed by atoms with van der Waals surface area (Å²) in [7, 11) is 0. The Morgan fingerprint density at radius 1 is 1.22 bits per heavy atom. The fourth-order valence-corrected chi connectivity index (χ4v) is 1.73. The van der Waals surface area contributed by atoms with Crippen molar-refractivity contribution in [3.63, 3.8) is 0 Å². The minimum atomic E-state index is 0.229. The van der Waals surface area contributed by atoms with E-state index in [0.717, 1.165) is 25.3 Å². The van der Waals surface area contributed by atoms with Gasteiger partial charge in [-0.15, -0.1) is 0 Å². The molecule has 0 saturated heterocycles. The van der Waals surface area contributed by atoms with E-state index in [2.05, 4.69) is 38.2 Å². The average Bonchev–Trinajstić information content (AvgIpc) is 2.38. The van der Waals surface area contributed by atoms with Gasteiger partial charge in [-0.2, -0.15) is 0 Å². The fraction of sp³-hybridized carbons (Fsp3) is 0.600. The van der Waals surface area contributed by atoms with Crippen LogP contribution >= 0.6 is 0 Å². The maximum Gasteiger partial charge on any atom is 0.119 e. The SMILES string of the molecule is CCCOc1ccc(C(CN)NCC(C)C)cc1. The highest BCUT2D eigenvalue weighted by Gasteiger charge is 2.09. The molecule has 0 saturated carbocycles. The molecule has 18 heavy (non-hydrogen) atoms. The van der Waals surface area contributed by atoms with E-state index in [0.29, 0.717) is 12.5 Å². The number of ether oxygens (including phenoxy) is 1. The van der Waals surface area contributed by atoms with Gasteiger partial charge < -0.3 is 15.8 Å². The van der Waals surface area contributed by atoms with Gasteiger partial charge in [0, 0.05) is 12.6 Å². The summed E-state index contributed by atoms with van der Waals surface area (Å²) in [6.45, 7) is 8.86. The minimum absolute atomic E-state index is 0.229. The first-order valence-electron chi connectivity index (χ1n) is 6.83. The van der Waals surface area contributed by atoms with E-state index in [1.807, 2.05) is 12.1 Å². The van der Waals surface area contributed by atoms with Crippen LogP contribution in [-0.2, 0) is 0 Å². The highest BCUT2D eigenvalue weighted by Crippen LogP contribution is 2.17. The van der Waals surface area contributed by atoms with Crippen LogP contribution in [0, 0.1) is 5.92 Å². The van der Waals surface area contributed by atoms with Gasteiger partial charge in [-0.05, 0) is 36.6 Å². The summed E-state index contributed by atoms with van der Waals surface area (Å²) in [4.78, 5) is 0. The van der Waals surface area contributed by atoms with E-state index in [9.17, 15) is 0 Å². The molecule has 1 aromatic rings. The Hall–Kier alpha value is -1.06. The molecule has 0 fully saturated rings. The predicted molar refractivity (Wildman–Crippen MR) is 76.9 cm³/mol. The highest BCUT2D eigenvalue weighted by molar-refractivity contribution is 5.29. The number of rotatable bonds is 8. The van der Waals surface area contributed by atoms with Crippen molar-refractivity contribution < 1.29 is 4.74 Å². The van der Waals surface area contributed by atoms with Gasteiger partial charge in [0.05, 0.1) is 6.61 Å². The topological polar surface area (TPSA) is 47.3 Å². The van der Waals surface area contributed by atoms with Crippen LogP contribution in [0.1, 0.15) is 38.8 Å². The molecule has 3 heteroatoms. The zero-order valence-electron chi connectivity index (χ0n) is 11.8. The first-order valence-corrected chi connectivity index (χ1v) is 6.83. The van der Waals surface area contributed by atoms with Crippen molar-refractivity contribution >= 4 is 0 Å². The van der Waals surface area contributed by atoms with Crippen LogP contribution in [0.2, 0.25) is 0 Å². The molecule has 0 aliphatic heterocycles. The number of nitrogens with one attached hydrogen (secondary N) is 1. The van der Waals surface area contributed by atoms with Crippen molar-refractivity contribution in [2.45, 2.75) is 33.2 Å². The Morgan fingerprint density at radius 3 is 2.39 bits per heavy atom. The monoisotopic (exact) mass is 250 g/mol. The summed E-state index contributed by atoms with van der Waals surface area (Å²) in [5, 5.41) is 3.48. The molecule has 0 amide bonds. The lowest BCUT2D eigenvalue weighted by atomic mass is 10.1. The molecule has 0 aliphatic rings. The van der Waals surface area contributed by atoms with E-state index in [4.69, 9.17) is 10.5 Å². The quantitative estimate of drug-likeness (QED) is 0.746. The van der Waals surface area contributed by atoms with Crippen molar-refractivity contribution in [3.05, 3.63) is 29.8 Å². The molecule has 1 atom stereocenters. The van der Waals surface area contributed by atoms with Crippen molar-refractivity contribution in [1.82, 2.24) is 5.32 Å². The molecule has 0 aromatic heterocycles. The third kappa shape index (κ3) is 5.07. The molecule has 1 unspecified atom stereocenters. The van der Waals surface area contributed by atoms with E-state index in [-0.39, 0.29) is 6.04 Å². The third-order valence-electron chi connectivity index (χ3n) is 2.76. The summed E-state index contributed by atoms with van der Waals surface area (Å²) in [5.74, 6) is 1.56. The number of hydrogen-bond donors (Lipinski definition) is 2. The van der Waals surface area contributed by atoms with E-state index < -0.39 is 0 Å². The molecular formula is C15H26N2O. The second-order valence-electron chi connectivity index (χ2n) is 5.01. The highest BCUT2D eigenvalue weighted by atomic mass is 16.5. The normalized spacial score (nSPS) is 12.7. The van der Waals surface area contributed by atoms with E-state index in [1.165, 1.54) is 5.56 Å². The smallest absolute Gasteiger partial charge is 0.119 e. The van der Waals surface area contributed by atoms with Gasteiger partial charge in [0.1, 0.15) is 5.75 Å². The lowest BCUT2D eigenvalue weighted by molar-refractivity contribution is 0.317. The Morgan fingerprint density at radius 2 is 1.89 bits per heavy atom. The standard InChI is InChI=1S/C15H26N2O/c1-4-9-18-14-7-5-13(6-8-14)15(10-16)17-11-12(2)3/h5-8,12,15,17H,4,9-11,16H2,1-3H3. The number of benzene rings is 1. The summed E-state index contributed by atoms with van der Waals surface area (Å²) < 4.78 is 5.57. The summed E-state index contributed by atoms with van der Waals surface area (Å²) in [5.41, 5.74) is 7.04. The van der Waals surface area contributed by atoms with Crippen molar-refractivity contribution in [2.75, 3.05) is 19.7 Å². The molecule has 3 nitrogen and oxygen atoms in total. The second kappa shape index (κ2) is 8.11. The van der Waals surface area contributed by atoms with Gasteiger partial charge >= 0.3 is 0 Å². The summed E-state index contributed by atoms with van der Waals surface area (Å²) in [6.07, 6.45) is 1.03. The van der Waals surface area contributed by atoms with Crippen LogP contribution in [0.4, 0.5) is 0 Å². The average molecular weight is 250 g/mol. The second-order valence-corrected chi connectivity index (χ2v) is 5.01. The molecule has 0 aliphatic carbocycles. The Kier molecular flexibility index (Phi) is 6.76. The molecule has 0 bridgehead atoms. The van der Waals surface area contributed by atoms with Gasteiger partial charge in [-0.3, -0.25) is 0 Å². The van der Waals surface area contributed by atoms with Crippen LogP contribution in [-0.4, -0.2) is 19.7 Å². The van der Waals surface area contributed by atoms with Crippen molar-refractivity contribution in [1.29, 1.82) is 0 Å². The first kappa shape index (κ1) is 15.0. The molecule has 3 N–H and O–H groups in total. The van der Waals surface area contributed by atoms with Gasteiger partial charge in [0.15, 0.2) is 0 Å². The zero-order valence-corrected chi connectivity index (χ0v) is 11.8. The molecule has 0 spiro atoms. The Bertz CT molecular complexity index is 322. The first-order chi connectivity index (χ1) is 8.67. The van der Waals surface area contributed by atoms with Crippen LogP contribution in [0.5, 0.6) is 5.75 Å². The third-order valence-corrected chi connectivity index (χ3v) is 2.76. The van der Waals surface area contributed by atoms with Crippen molar-refractivity contribution in [2.24, 2.45) is 11.7 Å². The molecule has 0 heterocycles. The van der Waals surface area contributed by atoms with Crippen LogP contribution in [0.15, 0.2) is 24.3 Å². The largest absolute Gasteiger partial charge is 0.494 e. The van der Waals surface area contributed by atoms with Gasteiger partial charge in [0.2, 0.25) is 0 Å². The summed E-state index contributed by atoms with van der Waals surface area (Å²) in [6, 6.07) is 8.45. The number of nitrogens with two attached hydrogens (primary N) is 1. The van der Waals surface area contributed by atoms with E-state index >= 15 is 0 Å². The maximum atomic E-state index is 5.82. The predicted octanol–water partition coefficient (Wildman–Crippen LogP) is 2.72.